The van der Waals surface area contributed by atoms with Gasteiger partial charge in [-0.3, -0.25) is 9.59 Å². The van der Waals surface area contributed by atoms with Gasteiger partial charge in [-0.1, -0.05) is 12.1 Å². The third-order valence-electron chi connectivity index (χ3n) is 4.01. The number of benzene rings is 2. The molecule has 0 saturated carbocycles. The summed E-state index contributed by atoms with van der Waals surface area (Å²) in [5, 5.41) is 2.86. The Morgan fingerprint density at radius 1 is 1.15 bits per heavy atom. The molecule has 0 bridgehead atoms. The van der Waals surface area contributed by atoms with E-state index in [0.29, 0.717) is 22.5 Å². The number of hydrogen-bond donors (Lipinski definition) is 2. The van der Waals surface area contributed by atoms with Crippen LogP contribution in [0.4, 0.5) is 4.39 Å². The highest BCUT2D eigenvalue weighted by molar-refractivity contribution is 5.97. The number of carbonyl (C=O) groups is 2. The molecular weight excluding hydrogens is 335 g/mol. The van der Waals surface area contributed by atoms with Gasteiger partial charge in [0, 0.05) is 30.6 Å². The number of aryl methyl sites for hydroxylation is 1. The SMILES string of the molecule is Cn1ccnc1[C@H](NC(=O)c1ccc(C(N)=O)cc1)c1cccc(F)c1. The first-order valence-electron chi connectivity index (χ1n) is 7.89. The molecule has 1 atom stereocenters. The number of nitrogens with zero attached hydrogens (tertiary/aromatic N) is 2. The van der Waals surface area contributed by atoms with E-state index < -0.39 is 17.8 Å². The minimum absolute atomic E-state index is 0.312. The molecule has 3 N–H and O–H groups in total. The van der Waals surface area contributed by atoms with Gasteiger partial charge in [-0.25, -0.2) is 9.37 Å². The number of nitrogens with one attached hydrogen (secondary N) is 1. The molecule has 0 fully saturated rings. The second-order valence-corrected chi connectivity index (χ2v) is 5.80. The molecule has 3 aromatic rings. The van der Waals surface area contributed by atoms with E-state index in [2.05, 4.69) is 10.3 Å². The molecule has 26 heavy (non-hydrogen) atoms. The third-order valence-corrected chi connectivity index (χ3v) is 4.01. The minimum atomic E-state index is -0.631. The highest BCUT2D eigenvalue weighted by Crippen LogP contribution is 2.22. The second-order valence-electron chi connectivity index (χ2n) is 5.80. The van der Waals surface area contributed by atoms with Crippen LogP contribution in [-0.2, 0) is 7.05 Å². The van der Waals surface area contributed by atoms with Crippen LogP contribution in [0.15, 0.2) is 60.9 Å². The smallest absolute Gasteiger partial charge is 0.252 e. The first-order valence-corrected chi connectivity index (χ1v) is 7.89. The molecule has 0 aliphatic rings. The lowest BCUT2D eigenvalue weighted by Gasteiger charge is -2.19. The average molecular weight is 352 g/mol. The fraction of sp³-hybridized carbons (Fsp3) is 0.105. The van der Waals surface area contributed by atoms with E-state index >= 15 is 0 Å². The van der Waals surface area contributed by atoms with E-state index in [4.69, 9.17) is 5.73 Å². The number of carbonyl (C=O) groups excluding carboxylic acids is 2. The third kappa shape index (κ3) is 3.61. The number of halogens is 1. The van der Waals surface area contributed by atoms with Gasteiger partial charge >= 0.3 is 0 Å². The molecule has 0 aliphatic heterocycles. The lowest BCUT2D eigenvalue weighted by molar-refractivity contribution is 0.0938. The van der Waals surface area contributed by atoms with Crippen molar-refractivity contribution in [3.8, 4) is 0 Å². The van der Waals surface area contributed by atoms with Gasteiger partial charge in [0.15, 0.2) is 0 Å². The van der Waals surface area contributed by atoms with E-state index in [9.17, 15) is 14.0 Å². The van der Waals surface area contributed by atoms with Gasteiger partial charge in [-0.15, -0.1) is 0 Å². The molecule has 1 aromatic heterocycles. The summed E-state index contributed by atoms with van der Waals surface area (Å²) in [6.45, 7) is 0. The summed E-state index contributed by atoms with van der Waals surface area (Å²) in [5.41, 5.74) is 6.44. The first kappa shape index (κ1) is 17.3. The standard InChI is InChI=1S/C19H17FN4O2/c1-24-10-9-22-18(24)16(14-3-2-4-15(20)11-14)23-19(26)13-7-5-12(6-8-13)17(21)25/h2-11,16H,1H3,(H2,21,25)(H,23,26)/t16-/m1/s1. The van der Waals surface area contributed by atoms with Crippen LogP contribution in [0.2, 0.25) is 0 Å². The van der Waals surface area contributed by atoms with Crippen molar-refractivity contribution in [1.29, 1.82) is 0 Å². The van der Waals surface area contributed by atoms with Crippen molar-refractivity contribution in [3.63, 3.8) is 0 Å². The van der Waals surface area contributed by atoms with Crippen molar-refractivity contribution >= 4 is 11.8 Å². The van der Waals surface area contributed by atoms with Crippen molar-refractivity contribution in [3.05, 3.63) is 89.3 Å². The second kappa shape index (κ2) is 7.18. The molecule has 0 spiro atoms. The predicted molar refractivity (Wildman–Crippen MR) is 93.9 cm³/mol. The zero-order valence-corrected chi connectivity index (χ0v) is 14.0. The maximum Gasteiger partial charge on any atom is 0.252 e. The quantitative estimate of drug-likeness (QED) is 0.737. The molecule has 0 radical (unpaired) electrons. The number of imidazole rings is 1. The summed E-state index contributed by atoms with van der Waals surface area (Å²) in [6.07, 6.45) is 3.35. The Bertz CT molecular complexity index is 950. The number of rotatable bonds is 5. The largest absolute Gasteiger partial charge is 0.366 e. The van der Waals surface area contributed by atoms with Gasteiger partial charge in [0.25, 0.3) is 5.91 Å². The maximum atomic E-state index is 13.7. The van der Waals surface area contributed by atoms with E-state index in [1.807, 2.05) is 0 Å². The molecule has 3 rings (SSSR count). The van der Waals surface area contributed by atoms with E-state index in [1.165, 1.54) is 36.4 Å². The summed E-state index contributed by atoms with van der Waals surface area (Å²) in [7, 11) is 1.79. The van der Waals surface area contributed by atoms with Crippen LogP contribution in [0.25, 0.3) is 0 Å². The van der Waals surface area contributed by atoms with Crippen LogP contribution >= 0.6 is 0 Å². The fourth-order valence-corrected chi connectivity index (χ4v) is 2.64. The van der Waals surface area contributed by atoms with Gasteiger partial charge in [-0.05, 0) is 42.0 Å². The molecule has 2 aromatic carbocycles. The maximum absolute atomic E-state index is 13.7. The Morgan fingerprint density at radius 2 is 1.85 bits per heavy atom. The Hall–Kier alpha value is -3.48. The van der Waals surface area contributed by atoms with Crippen molar-refractivity contribution in [1.82, 2.24) is 14.9 Å². The molecule has 6 nitrogen and oxygen atoms in total. The molecule has 132 valence electrons. The number of primary amides is 1. The lowest BCUT2D eigenvalue weighted by Crippen LogP contribution is -2.31. The van der Waals surface area contributed by atoms with E-state index in [-0.39, 0.29) is 5.91 Å². The zero-order valence-electron chi connectivity index (χ0n) is 14.0. The van der Waals surface area contributed by atoms with Crippen molar-refractivity contribution < 1.29 is 14.0 Å². The Balaban J connectivity index is 1.92. The van der Waals surface area contributed by atoms with Gasteiger partial charge in [0.05, 0.1) is 0 Å². The van der Waals surface area contributed by atoms with Gasteiger partial charge in [0.2, 0.25) is 5.91 Å². The van der Waals surface area contributed by atoms with Crippen LogP contribution in [-0.4, -0.2) is 21.4 Å². The predicted octanol–water partition coefficient (Wildman–Crippen LogP) is 2.18. The minimum Gasteiger partial charge on any atom is -0.366 e. The van der Waals surface area contributed by atoms with Crippen molar-refractivity contribution in [2.45, 2.75) is 6.04 Å². The molecule has 2 amide bonds. The highest BCUT2D eigenvalue weighted by atomic mass is 19.1. The van der Waals surface area contributed by atoms with E-state index in [1.54, 1.807) is 36.1 Å². The summed E-state index contributed by atoms with van der Waals surface area (Å²) < 4.78 is 15.4. The molecule has 1 heterocycles. The monoisotopic (exact) mass is 352 g/mol. The van der Waals surface area contributed by atoms with Crippen LogP contribution in [0.3, 0.4) is 0 Å². The fourth-order valence-electron chi connectivity index (χ4n) is 2.64. The molecule has 0 unspecified atom stereocenters. The Morgan fingerprint density at radius 3 is 2.42 bits per heavy atom. The number of amides is 2. The average Bonchev–Trinajstić information content (AvgIpc) is 3.05. The van der Waals surface area contributed by atoms with E-state index in [0.717, 1.165) is 0 Å². The summed E-state index contributed by atoms with van der Waals surface area (Å²) in [5.74, 6) is -0.777. The number of nitrogens with two attached hydrogens (primary N) is 1. The molecule has 0 aliphatic carbocycles. The van der Waals surface area contributed by atoms with Crippen LogP contribution in [0.5, 0.6) is 0 Å². The topological polar surface area (TPSA) is 90.0 Å². The molecule has 7 heteroatoms. The van der Waals surface area contributed by atoms with Crippen molar-refractivity contribution in [2.75, 3.05) is 0 Å². The Labute approximate surface area is 149 Å². The molecular formula is C19H17FN4O2. The van der Waals surface area contributed by atoms with Gasteiger partial charge < -0.3 is 15.6 Å². The first-order chi connectivity index (χ1) is 12.5. The Kier molecular flexibility index (Phi) is 4.79. The van der Waals surface area contributed by atoms with Crippen molar-refractivity contribution in [2.24, 2.45) is 12.8 Å². The van der Waals surface area contributed by atoms with Crippen LogP contribution < -0.4 is 11.1 Å². The normalized spacial score (nSPS) is 11.8. The number of aromatic nitrogens is 2. The lowest BCUT2D eigenvalue weighted by atomic mass is 10.0. The van der Waals surface area contributed by atoms with Crippen LogP contribution in [0.1, 0.15) is 38.1 Å². The summed E-state index contributed by atoms with van der Waals surface area (Å²) >= 11 is 0. The molecule has 0 saturated heterocycles. The number of hydrogen-bond acceptors (Lipinski definition) is 3. The summed E-state index contributed by atoms with van der Waals surface area (Å²) in [4.78, 5) is 28.1. The highest BCUT2D eigenvalue weighted by Gasteiger charge is 2.22. The van der Waals surface area contributed by atoms with Gasteiger partial charge in [0.1, 0.15) is 17.7 Å². The van der Waals surface area contributed by atoms with Gasteiger partial charge in [-0.2, -0.15) is 0 Å². The van der Waals surface area contributed by atoms with Crippen LogP contribution in [0, 0.1) is 5.82 Å². The zero-order chi connectivity index (χ0) is 18.7. The summed E-state index contributed by atoms with van der Waals surface area (Å²) in [6, 6.07) is 11.3.